The average Bonchev–Trinajstić information content (AvgIpc) is 2.63. The summed E-state index contributed by atoms with van der Waals surface area (Å²) in [5, 5.41) is 8.75. The van der Waals surface area contributed by atoms with E-state index < -0.39 is 0 Å². The molecule has 1 aromatic heterocycles. The summed E-state index contributed by atoms with van der Waals surface area (Å²) in [5.41, 5.74) is 1.06. The molecule has 1 atom stereocenters. The number of nitrogens with zero attached hydrogens (tertiary/aromatic N) is 2. The van der Waals surface area contributed by atoms with Gasteiger partial charge in [0.15, 0.2) is 0 Å². The third kappa shape index (κ3) is 4.20. The van der Waals surface area contributed by atoms with Gasteiger partial charge < -0.3 is 15.0 Å². The van der Waals surface area contributed by atoms with Crippen LogP contribution in [0.2, 0.25) is 0 Å². The van der Waals surface area contributed by atoms with E-state index in [1.165, 1.54) is 17.8 Å². The van der Waals surface area contributed by atoms with Crippen LogP contribution in [0, 0.1) is 0 Å². The first-order valence-corrected chi connectivity index (χ1v) is 7.98. The quantitative estimate of drug-likeness (QED) is 0.847. The maximum atomic E-state index is 11.9. The Bertz CT molecular complexity index is 712. The van der Waals surface area contributed by atoms with Gasteiger partial charge in [-0.3, -0.25) is 9.59 Å². The van der Waals surface area contributed by atoms with Crippen LogP contribution in [0.25, 0.3) is 0 Å². The lowest BCUT2D eigenvalue weighted by atomic mass is 10.2. The number of carbonyl (C=O) groups is 1. The molecule has 24 heavy (non-hydrogen) atoms. The highest BCUT2D eigenvalue weighted by Crippen LogP contribution is 2.18. The molecular formula is C17H20N4O3. The molecule has 2 N–H and O–H groups in total. The minimum Gasteiger partial charge on any atom is -0.374 e. The summed E-state index contributed by atoms with van der Waals surface area (Å²) in [6, 6.07) is 12.9. The number of aromatic nitrogens is 2. The molecule has 1 fully saturated rings. The average molecular weight is 328 g/mol. The molecule has 1 aliphatic rings. The van der Waals surface area contributed by atoms with Gasteiger partial charge in [-0.1, -0.05) is 18.2 Å². The monoisotopic (exact) mass is 328 g/mol. The summed E-state index contributed by atoms with van der Waals surface area (Å²) < 4.78 is 5.78. The molecule has 0 spiro atoms. The van der Waals surface area contributed by atoms with Crippen molar-refractivity contribution in [3.63, 3.8) is 0 Å². The third-order valence-corrected chi connectivity index (χ3v) is 3.92. The van der Waals surface area contributed by atoms with Crippen LogP contribution in [0.5, 0.6) is 0 Å². The highest BCUT2D eigenvalue weighted by atomic mass is 16.5. The summed E-state index contributed by atoms with van der Waals surface area (Å²) in [6.45, 7) is 2.84. The highest BCUT2D eigenvalue weighted by Gasteiger charge is 2.20. The summed E-state index contributed by atoms with van der Waals surface area (Å²) >= 11 is 0. The van der Waals surface area contributed by atoms with Crippen molar-refractivity contribution >= 4 is 11.6 Å². The molecule has 2 heterocycles. The minimum atomic E-state index is -0.330. The van der Waals surface area contributed by atoms with Crippen molar-refractivity contribution in [2.24, 2.45) is 0 Å². The Labute approximate surface area is 139 Å². The number of para-hydroxylation sites is 1. The minimum absolute atomic E-state index is 0.0720. The van der Waals surface area contributed by atoms with Gasteiger partial charge in [0.05, 0.1) is 12.7 Å². The molecule has 7 heteroatoms. The summed E-state index contributed by atoms with van der Waals surface area (Å²) in [5.74, 6) is -0.304. The van der Waals surface area contributed by atoms with Crippen LogP contribution in [-0.2, 0) is 4.74 Å². The van der Waals surface area contributed by atoms with E-state index in [1.54, 1.807) is 0 Å². The molecule has 2 aromatic rings. The molecular weight excluding hydrogens is 308 g/mol. The normalized spacial score (nSPS) is 17.5. The molecule has 0 saturated carbocycles. The number of hydrogen-bond donors (Lipinski definition) is 2. The Morgan fingerprint density at radius 1 is 1.29 bits per heavy atom. The van der Waals surface area contributed by atoms with Crippen LogP contribution < -0.4 is 15.8 Å². The molecule has 0 radical (unpaired) electrons. The van der Waals surface area contributed by atoms with E-state index in [4.69, 9.17) is 4.74 Å². The molecule has 1 aliphatic heterocycles. The van der Waals surface area contributed by atoms with Crippen LogP contribution in [0.1, 0.15) is 16.9 Å². The van der Waals surface area contributed by atoms with Crippen molar-refractivity contribution in [3.05, 3.63) is 58.5 Å². The van der Waals surface area contributed by atoms with Gasteiger partial charge >= 0.3 is 0 Å². The predicted octanol–water partition coefficient (Wildman–Crippen LogP) is 0.795. The van der Waals surface area contributed by atoms with Gasteiger partial charge in [-0.15, -0.1) is 0 Å². The number of ether oxygens (including phenoxy) is 1. The summed E-state index contributed by atoms with van der Waals surface area (Å²) in [4.78, 5) is 25.2. The highest BCUT2D eigenvalue weighted by molar-refractivity contribution is 5.91. The second kappa shape index (κ2) is 7.74. The number of nitrogens with one attached hydrogen (secondary N) is 2. The first-order chi connectivity index (χ1) is 11.7. The van der Waals surface area contributed by atoms with Gasteiger partial charge in [0, 0.05) is 31.4 Å². The van der Waals surface area contributed by atoms with Crippen LogP contribution >= 0.6 is 0 Å². The Balaban J connectivity index is 1.47. The fourth-order valence-corrected chi connectivity index (χ4v) is 2.68. The van der Waals surface area contributed by atoms with E-state index in [9.17, 15) is 9.59 Å². The summed E-state index contributed by atoms with van der Waals surface area (Å²) in [7, 11) is 0. The second-order valence-electron chi connectivity index (χ2n) is 5.63. The van der Waals surface area contributed by atoms with Gasteiger partial charge in [-0.2, -0.15) is 5.10 Å². The first-order valence-electron chi connectivity index (χ1n) is 7.98. The SMILES string of the molecule is O=C(NCCC1CN(c2ccccc2)CCO1)c1ccc(=O)[nH]n1. The molecule has 1 amide bonds. The second-order valence-corrected chi connectivity index (χ2v) is 5.63. The number of rotatable bonds is 5. The lowest BCUT2D eigenvalue weighted by molar-refractivity contribution is 0.0353. The number of aromatic amines is 1. The fraction of sp³-hybridized carbons (Fsp3) is 0.353. The zero-order chi connectivity index (χ0) is 16.8. The van der Waals surface area contributed by atoms with E-state index in [2.05, 4.69) is 32.5 Å². The lowest BCUT2D eigenvalue weighted by Crippen LogP contribution is -2.43. The molecule has 0 aliphatic carbocycles. The number of morpholine rings is 1. The number of hydrogen-bond acceptors (Lipinski definition) is 5. The van der Waals surface area contributed by atoms with Crippen molar-refractivity contribution in [2.75, 3.05) is 31.1 Å². The number of amides is 1. The van der Waals surface area contributed by atoms with E-state index in [0.29, 0.717) is 13.2 Å². The van der Waals surface area contributed by atoms with Gasteiger partial charge in [-0.05, 0) is 24.6 Å². The Hall–Kier alpha value is -2.67. The zero-order valence-electron chi connectivity index (χ0n) is 13.3. The first kappa shape index (κ1) is 16.2. The number of anilines is 1. The zero-order valence-corrected chi connectivity index (χ0v) is 13.3. The van der Waals surface area contributed by atoms with Crippen LogP contribution in [0.4, 0.5) is 5.69 Å². The lowest BCUT2D eigenvalue weighted by Gasteiger charge is -2.34. The molecule has 1 unspecified atom stereocenters. The molecule has 0 bridgehead atoms. The third-order valence-electron chi connectivity index (χ3n) is 3.92. The molecule has 3 rings (SSSR count). The Morgan fingerprint density at radius 2 is 2.12 bits per heavy atom. The van der Waals surface area contributed by atoms with Crippen molar-refractivity contribution in [2.45, 2.75) is 12.5 Å². The number of H-pyrrole nitrogens is 1. The topological polar surface area (TPSA) is 87.3 Å². The van der Waals surface area contributed by atoms with E-state index in [0.717, 1.165) is 19.5 Å². The Kier molecular flexibility index (Phi) is 5.22. The maximum Gasteiger partial charge on any atom is 0.271 e. The van der Waals surface area contributed by atoms with E-state index in [-0.39, 0.29) is 23.3 Å². The van der Waals surface area contributed by atoms with Crippen LogP contribution in [0.15, 0.2) is 47.3 Å². The molecule has 1 aromatic carbocycles. The fourth-order valence-electron chi connectivity index (χ4n) is 2.68. The smallest absolute Gasteiger partial charge is 0.271 e. The Morgan fingerprint density at radius 3 is 2.88 bits per heavy atom. The van der Waals surface area contributed by atoms with Crippen LogP contribution in [-0.4, -0.2) is 48.4 Å². The maximum absolute atomic E-state index is 11.9. The van der Waals surface area contributed by atoms with Crippen LogP contribution in [0.3, 0.4) is 0 Å². The van der Waals surface area contributed by atoms with Crippen molar-refractivity contribution < 1.29 is 9.53 Å². The van der Waals surface area contributed by atoms with E-state index >= 15 is 0 Å². The molecule has 1 saturated heterocycles. The van der Waals surface area contributed by atoms with Gasteiger partial charge in [0.1, 0.15) is 5.69 Å². The number of carbonyl (C=O) groups excluding carboxylic acids is 1. The largest absolute Gasteiger partial charge is 0.374 e. The van der Waals surface area contributed by atoms with Gasteiger partial charge in [-0.25, -0.2) is 5.10 Å². The van der Waals surface area contributed by atoms with Gasteiger partial charge in [0.25, 0.3) is 11.5 Å². The molecule has 7 nitrogen and oxygen atoms in total. The number of benzene rings is 1. The van der Waals surface area contributed by atoms with Gasteiger partial charge in [0.2, 0.25) is 0 Å². The van der Waals surface area contributed by atoms with Crippen molar-refractivity contribution in [3.8, 4) is 0 Å². The van der Waals surface area contributed by atoms with Crippen molar-refractivity contribution in [1.29, 1.82) is 0 Å². The summed E-state index contributed by atoms with van der Waals surface area (Å²) in [6.07, 6.45) is 0.793. The van der Waals surface area contributed by atoms with E-state index in [1.807, 2.05) is 18.2 Å². The molecule has 126 valence electrons. The predicted molar refractivity (Wildman–Crippen MR) is 90.2 cm³/mol. The van der Waals surface area contributed by atoms with Crippen molar-refractivity contribution in [1.82, 2.24) is 15.5 Å². The standard InChI is InChI=1S/C17H20N4O3/c22-16-7-6-15(19-20-16)17(23)18-9-8-14-12-21(10-11-24-14)13-4-2-1-3-5-13/h1-7,14H,8-12H2,(H,18,23)(H,20,22).